The van der Waals surface area contributed by atoms with E-state index in [2.05, 4.69) is 5.10 Å². The highest BCUT2D eigenvalue weighted by Crippen LogP contribution is 2.29. The van der Waals surface area contributed by atoms with Crippen LogP contribution in [0.4, 0.5) is 0 Å². The van der Waals surface area contributed by atoms with Gasteiger partial charge in [-0.1, -0.05) is 0 Å². The highest BCUT2D eigenvalue weighted by molar-refractivity contribution is 8.00. The summed E-state index contributed by atoms with van der Waals surface area (Å²) in [5.74, 6) is 0.508. The summed E-state index contributed by atoms with van der Waals surface area (Å²) in [4.78, 5) is 22.9. The molecule has 1 aliphatic heterocycles. The lowest BCUT2D eigenvalue weighted by Gasteiger charge is -2.18. The van der Waals surface area contributed by atoms with Crippen LogP contribution in [0.2, 0.25) is 0 Å². The van der Waals surface area contributed by atoms with Crippen molar-refractivity contribution in [1.82, 2.24) is 9.78 Å². The molecular weight excluding hydrogens is 200 g/mol. The number of nitrogens with zero attached hydrogens (tertiary/aromatic N) is 2. The summed E-state index contributed by atoms with van der Waals surface area (Å²) in [6.45, 7) is 1.46. The fraction of sp³-hybridized carbons (Fsp3) is 0.444. The molecule has 1 aromatic heterocycles. The zero-order chi connectivity index (χ0) is 10.3. The summed E-state index contributed by atoms with van der Waals surface area (Å²) >= 11 is 1.38. The van der Waals surface area contributed by atoms with Crippen LogP contribution in [0.25, 0.3) is 0 Å². The van der Waals surface area contributed by atoms with E-state index in [0.717, 1.165) is 5.69 Å². The monoisotopic (exact) mass is 210 g/mol. The molecule has 1 aromatic rings. The number of hydrogen-bond acceptors (Lipinski definition) is 4. The Morgan fingerprint density at radius 3 is 3.07 bits per heavy atom. The van der Waals surface area contributed by atoms with E-state index < -0.39 is 5.25 Å². The van der Waals surface area contributed by atoms with Crippen LogP contribution in [0, 0.1) is 0 Å². The summed E-state index contributed by atoms with van der Waals surface area (Å²) < 4.78 is 1.69. The van der Waals surface area contributed by atoms with Gasteiger partial charge in [0.15, 0.2) is 11.6 Å². The van der Waals surface area contributed by atoms with Gasteiger partial charge in [0.1, 0.15) is 5.25 Å². The van der Waals surface area contributed by atoms with Crippen molar-refractivity contribution in [3.63, 3.8) is 0 Å². The summed E-state index contributed by atoms with van der Waals surface area (Å²) in [6.07, 6.45) is 1.55. The van der Waals surface area contributed by atoms with Crippen LogP contribution in [0.5, 0.6) is 0 Å². The second-order valence-corrected chi connectivity index (χ2v) is 4.39. The molecule has 14 heavy (non-hydrogen) atoms. The zero-order valence-corrected chi connectivity index (χ0v) is 8.80. The average Bonchev–Trinajstić information content (AvgIpc) is 2.49. The Balaban J connectivity index is 2.42. The smallest absolute Gasteiger partial charge is 0.186 e. The quantitative estimate of drug-likeness (QED) is 0.643. The second kappa shape index (κ2) is 3.24. The van der Waals surface area contributed by atoms with E-state index in [-0.39, 0.29) is 11.6 Å². The highest BCUT2D eigenvalue weighted by atomic mass is 32.2. The number of rotatable bonds is 1. The van der Waals surface area contributed by atoms with Crippen molar-refractivity contribution in [3.05, 3.63) is 17.5 Å². The minimum Gasteiger partial charge on any atom is -0.298 e. The number of carbonyl (C=O) groups excluding carboxylic acids is 2. The average molecular weight is 210 g/mol. The molecule has 5 heteroatoms. The fourth-order valence-electron chi connectivity index (χ4n) is 1.52. The molecule has 0 amide bonds. The summed E-state index contributed by atoms with van der Waals surface area (Å²) in [7, 11) is 1.81. The van der Waals surface area contributed by atoms with E-state index in [1.54, 1.807) is 17.9 Å². The maximum absolute atomic E-state index is 11.8. The molecule has 2 heterocycles. The maximum Gasteiger partial charge on any atom is 0.186 e. The van der Waals surface area contributed by atoms with Gasteiger partial charge in [0.2, 0.25) is 0 Å². The van der Waals surface area contributed by atoms with Crippen LogP contribution < -0.4 is 0 Å². The first-order valence-electron chi connectivity index (χ1n) is 4.28. The van der Waals surface area contributed by atoms with Crippen molar-refractivity contribution in [2.24, 2.45) is 7.05 Å². The van der Waals surface area contributed by atoms with Gasteiger partial charge >= 0.3 is 0 Å². The molecule has 1 aliphatic rings. The van der Waals surface area contributed by atoms with E-state index in [0.29, 0.717) is 11.3 Å². The maximum atomic E-state index is 11.8. The minimum absolute atomic E-state index is 0.0745. The summed E-state index contributed by atoms with van der Waals surface area (Å²) in [6, 6.07) is 0. The molecular formula is C9H10N2O2S. The Morgan fingerprint density at radius 2 is 2.43 bits per heavy atom. The van der Waals surface area contributed by atoms with Gasteiger partial charge in [0.25, 0.3) is 0 Å². The molecule has 0 fully saturated rings. The van der Waals surface area contributed by atoms with Crippen LogP contribution in [0.3, 0.4) is 0 Å². The number of carbonyl (C=O) groups is 2. The largest absolute Gasteiger partial charge is 0.298 e. The topological polar surface area (TPSA) is 52.0 Å². The van der Waals surface area contributed by atoms with Crippen molar-refractivity contribution in [1.29, 1.82) is 0 Å². The molecule has 0 radical (unpaired) electrons. The second-order valence-electron chi connectivity index (χ2n) is 3.29. The summed E-state index contributed by atoms with van der Waals surface area (Å²) in [5, 5.41) is 3.49. The number of fused-ring (bicyclic) bond motifs is 1. The van der Waals surface area contributed by atoms with Crippen LogP contribution in [0.1, 0.15) is 23.0 Å². The Labute approximate surface area is 85.7 Å². The predicted molar refractivity (Wildman–Crippen MR) is 53.3 cm³/mol. The Kier molecular flexibility index (Phi) is 2.19. The van der Waals surface area contributed by atoms with Crippen molar-refractivity contribution in [3.8, 4) is 0 Å². The Hall–Kier alpha value is -1.10. The van der Waals surface area contributed by atoms with Crippen LogP contribution in [0.15, 0.2) is 6.20 Å². The minimum atomic E-state index is -0.522. The number of ketones is 2. The normalized spacial score (nSPS) is 20.7. The Bertz CT molecular complexity index is 411. The van der Waals surface area contributed by atoms with E-state index in [9.17, 15) is 9.59 Å². The zero-order valence-electron chi connectivity index (χ0n) is 7.98. The fourth-order valence-corrected chi connectivity index (χ4v) is 2.70. The van der Waals surface area contributed by atoms with Crippen molar-refractivity contribution < 1.29 is 9.59 Å². The van der Waals surface area contributed by atoms with E-state index in [1.165, 1.54) is 18.7 Å². The molecule has 0 N–H and O–H groups in total. The Morgan fingerprint density at radius 1 is 1.71 bits per heavy atom. The first-order valence-corrected chi connectivity index (χ1v) is 5.33. The van der Waals surface area contributed by atoms with Crippen molar-refractivity contribution >= 4 is 23.3 Å². The van der Waals surface area contributed by atoms with Gasteiger partial charge in [0, 0.05) is 12.8 Å². The van der Waals surface area contributed by atoms with Gasteiger partial charge in [0.05, 0.1) is 17.5 Å². The molecule has 0 saturated carbocycles. The van der Waals surface area contributed by atoms with Gasteiger partial charge in [-0.2, -0.15) is 5.10 Å². The van der Waals surface area contributed by atoms with Gasteiger partial charge in [-0.25, -0.2) is 0 Å². The summed E-state index contributed by atoms with van der Waals surface area (Å²) in [5.41, 5.74) is 1.52. The molecule has 74 valence electrons. The number of thioether (sulfide) groups is 1. The number of Topliss-reactive ketones (excluding diaryl/α,β-unsaturated/α-hetero) is 2. The molecule has 0 saturated heterocycles. The van der Waals surface area contributed by atoms with Crippen LogP contribution in [-0.4, -0.2) is 26.6 Å². The molecule has 4 nitrogen and oxygen atoms in total. The van der Waals surface area contributed by atoms with Gasteiger partial charge < -0.3 is 0 Å². The third-order valence-electron chi connectivity index (χ3n) is 2.32. The molecule has 1 atom stereocenters. The molecule has 0 bridgehead atoms. The van der Waals surface area contributed by atoms with E-state index >= 15 is 0 Å². The van der Waals surface area contributed by atoms with Crippen molar-refractivity contribution in [2.75, 3.05) is 0 Å². The molecule has 0 aliphatic carbocycles. The van der Waals surface area contributed by atoms with Crippen molar-refractivity contribution in [2.45, 2.75) is 17.9 Å². The van der Waals surface area contributed by atoms with Gasteiger partial charge in [-0.15, -0.1) is 11.8 Å². The lowest BCUT2D eigenvalue weighted by Crippen LogP contribution is -2.29. The number of hydrogen-bond donors (Lipinski definition) is 0. The molecule has 1 unspecified atom stereocenters. The van der Waals surface area contributed by atoms with E-state index in [1.807, 2.05) is 0 Å². The lowest BCUT2D eigenvalue weighted by molar-refractivity contribution is -0.115. The predicted octanol–water partition coefficient (Wildman–Crippen LogP) is 0.807. The standard InChI is InChI=1S/C9H10N2O2S/c1-5(12)9-8(13)6-3-10-11(2)7(6)4-14-9/h3,9H,4H2,1-2H3. The van der Waals surface area contributed by atoms with E-state index in [4.69, 9.17) is 0 Å². The number of aromatic nitrogens is 2. The molecule has 0 aromatic carbocycles. The first-order chi connectivity index (χ1) is 6.61. The van der Waals surface area contributed by atoms with Crippen LogP contribution in [-0.2, 0) is 17.6 Å². The number of aryl methyl sites for hydroxylation is 1. The third-order valence-corrected chi connectivity index (χ3v) is 3.64. The molecule has 0 spiro atoms. The molecule has 2 rings (SSSR count). The SMILES string of the molecule is CC(=O)C1SCc2c(cnn2C)C1=O. The third kappa shape index (κ3) is 1.28. The van der Waals surface area contributed by atoms with Gasteiger partial charge in [-0.05, 0) is 6.92 Å². The first kappa shape index (κ1) is 9.45. The van der Waals surface area contributed by atoms with Gasteiger partial charge in [-0.3, -0.25) is 14.3 Å². The highest BCUT2D eigenvalue weighted by Gasteiger charge is 2.33. The van der Waals surface area contributed by atoms with Crippen LogP contribution >= 0.6 is 11.8 Å². The lowest BCUT2D eigenvalue weighted by atomic mass is 10.1.